The Balaban J connectivity index is 1.55. The van der Waals surface area contributed by atoms with Crippen molar-refractivity contribution in [2.75, 3.05) is 11.9 Å². The Morgan fingerprint density at radius 2 is 2.04 bits per heavy atom. The summed E-state index contributed by atoms with van der Waals surface area (Å²) in [6, 6.07) is 13.3. The van der Waals surface area contributed by atoms with Gasteiger partial charge in [0.05, 0.1) is 11.5 Å². The number of non-ortho nitro benzene ring substituents is 1. The number of carbonyl (C=O) groups is 1. The van der Waals surface area contributed by atoms with E-state index >= 15 is 0 Å². The molecule has 0 radical (unpaired) electrons. The average molecular weight is 384 g/mol. The zero-order valence-electron chi connectivity index (χ0n) is 14.4. The molecular weight excluding hydrogens is 368 g/mol. The molecule has 0 aliphatic carbocycles. The van der Waals surface area contributed by atoms with Gasteiger partial charge in [0.2, 0.25) is 5.13 Å². The molecule has 3 aromatic rings. The number of hydrogen-bond acceptors (Lipinski definition) is 7. The number of hydrogen-bond donors (Lipinski definition) is 1. The summed E-state index contributed by atoms with van der Waals surface area (Å²) in [4.78, 5) is 22.5. The van der Waals surface area contributed by atoms with Crippen LogP contribution in [0.2, 0.25) is 0 Å². The van der Waals surface area contributed by atoms with Gasteiger partial charge in [0.15, 0.2) is 0 Å². The number of nitrogens with one attached hydrogen (secondary N) is 1. The van der Waals surface area contributed by atoms with Crippen LogP contribution in [0.25, 0.3) is 0 Å². The fourth-order valence-corrected chi connectivity index (χ4v) is 3.01. The maximum absolute atomic E-state index is 12.2. The van der Waals surface area contributed by atoms with Crippen molar-refractivity contribution in [1.82, 2.24) is 10.2 Å². The summed E-state index contributed by atoms with van der Waals surface area (Å²) in [5.41, 5.74) is 1.16. The van der Waals surface area contributed by atoms with Crippen molar-refractivity contribution in [1.29, 1.82) is 0 Å². The average Bonchev–Trinajstić information content (AvgIpc) is 3.09. The number of nitro groups is 1. The molecule has 0 atom stereocenters. The van der Waals surface area contributed by atoms with Crippen LogP contribution < -0.4 is 10.1 Å². The fraction of sp³-hybridized carbons (Fsp3) is 0.167. The number of nitrogens with zero attached hydrogens (tertiary/aromatic N) is 3. The standard InChI is InChI=1S/C18H16N4O4S/c1-12-4-2-7-15(10-12)26-9-8-16-20-21-18(27-16)19-17(23)13-5-3-6-14(11-13)22(24)25/h2-7,10-11H,8-9H2,1H3,(H,19,21,23). The first-order valence-electron chi connectivity index (χ1n) is 8.09. The van der Waals surface area contributed by atoms with Gasteiger partial charge in [0, 0.05) is 24.1 Å². The van der Waals surface area contributed by atoms with E-state index in [0.29, 0.717) is 18.2 Å². The van der Waals surface area contributed by atoms with Crippen molar-refractivity contribution in [2.24, 2.45) is 0 Å². The number of nitro benzene ring substituents is 1. The molecule has 0 bridgehead atoms. The molecule has 0 saturated carbocycles. The predicted molar refractivity (Wildman–Crippen MR) is 101 cm³/mol. The van der Waals surface area contributed by atoms with Crippen LogP contribution in [-0.4, -0.2) is 27.6 Å². The zero-order chi connectivity index (χ0) is 19.2. The van der Waals surface area contributed by atoms with Crippen LogP contribution in [0.15, 0.2) is 48.5 Å². The Bertz CT molecular complexity index is 973. The highest BCUT2D eigenvalue weighted by atomic mass is 32.1. The van der Waals surface area contributed by atoms with Crippen LogP contribution in [0, 0.1) is 17.0 Å². The summed E-state index contributed by atoms with van der Waals surface area (Å²) in [6.07, 6.45) is 0.554. The smallest absolute Gasteiger partial charge is 0.270 e. The van der Waals surface area contributed by atoms with E-state index in [1.807, 2.05) is 31.2 Å². The van der Waals surface area contributed by atoms with Gasteiger partial charge in [-0.3, -0.25) is 20.2 Å². The molecule has 1 amide bonds. The van der Waals surface area contributed by atoms with Crippen LogP contribution in [-0.2, 0) is 6.42 Å². The van der Waals surface area contributed by atoms with E-state index in [1.165, 1.54) is 35.6 Å². The number of benzene rings is 2. The number of ether oxygens (including phenoxy) is 1. The second-order valence-electron chi connectivity index (χ2n) is 5.68. The lowest BCUT2D eigenvalue weighted by Crippen LogP contribution is -2.11. The summed E-state index contributed by atoms with van der Waals surface area (Å²) in [7, 11) is 0. The second-order valence-corrected chi connectivity index (χ2v) is 6.74. The van der Waals surface area contributed by atoms with Crippen molar-refractivity contribution < 1.29 is 14.5 Å². The van der Waals surface area contributed by atoms with Gasteiger partial charge in [0.1, 0.15) is 10.8 Å². The maximum atomic E-state index is 12.2. The van der Waals surface area contributed by atoms with Crippen molar-refractivity contribution in [3.8, 4) is 5.75 Å². The molecule has 3 rings (SSSR count). The topological polar surface area (TPSA) is 107 Å². The minimum Gasteiger partial charge on any atom is -0.493 e. The molecule has 1 aromatic heterocycles. The van der Waals surface area contributed by atoms with E-state index < -0.39 is 10.8 Å². The number of carbonyl (C=O) groups excluding carboxylic acids is 1. The van der Waals surface area contributed by atoms with E-state index in [9.17, 15) is 14.9 Å². The second kappa shape index (κ2) is 8.37. The largest absolute Gasteiger partial charge is 0.493 e. The van der Waals surface area contributed by atoms with Gasteiger partial charge in [-0.1, -0.05) is 29.5 Å². The summed E-state index contributed by atoms with van der Waals surface area (Å²) in [6.45, 7) is 2.44. The summed E-state index contributed by atoms with van der Waals surface area (Å²) >= 11 is 1.24. The lowest BCUT2D eigenvalue weighted by atomic mass is 10.2. The van der Waals surface area contributed by atoms with Gasteiger partial charge in [0.25, 0.3) is 11.6 Å². The molecule has 1 heterocycles. The third-order valence-electron chi connectivity index (χ3n) is 3.58. The first-order chi connectivity index (χ1) is 13.0. The van der Waals surface area contributed by atoms with Crippen LogP contribution in [0.1, 0.15) is 20.9 Å². The Labute approximate surface area is 159 Å². The van der Waals surface area contributed by atoms with Crippen molar-refractivity contribution in [3.63, 3.8) is 0 Å². The molecule has 0 aliphatic rings. The number of anilines is 1. The Kier molecular flexibility index (Phi) is 5.72. The zero-order valence-corrected chi connectivity index (χ0v) is 15.2. The third kappa shape index (κ3) is 5.08. The van der Waals surface area contributed by atoms with Gasteiger partial charge >= 0.3 is 0 Å². The normalized spacial score (nSPS) is 10.4. The van der Waals surface area contributed by atoms with Crippen LogP contribution >= 0.6 is 11.3 Å². The van der Waals surface area contributed by atoms with E-state index in [-0.39, 0.29) is 11.3 Å². The van der Waals surface area contributed by atoms with Crippen molar-refractivity contribution in [3.05, 3.63) is 74.8 Å². The maximum Gasteiger partial charge on any atom is 0.270 e. The molecule has 2 aromatic carbocycles. The van der Waals surface area contributed by atoms with E-state index in [2.05, 4.69) is 15.5 Å². The number of aromatic nitrogens is 2. The number of rotatable bonds is 7. The van der Waals surface area contributed by atoms with Crippen molar-refractivity contribution in [2.45, 2.75) is 13.3 Å². The Morgan fingerprint density at radius 1 is 1.22 bits per heavy atom. The summed E-state index contributed by atoms with van der Waals surface area (Å²) in [5, 5.41) is 22.4. The number of aryl methyl sites for hydroxylation is 1. The third-order valence-corrected chi connectivity index (χ3v) is 4.48. The minimum absolute atomic E-state index is 0.145. The van der Waals surface area contributed by atoms with E-state index in [4.69, 9.17) is 4.74 Å². The Hall–Kier alpha value is -3.33. The minimum atomic E-state index is -0.548. The van der Waals surface area contributed by atoms with Crippen molar-refractivity contribution >= 4 is 28.1 Å². The summed E-state index contributed by atoms with van der Waals surface area (Å²) < 4.78 is 5.67. The molecule has 0 spiro atoms. The number of amides is 1. The van der Waals surface area contributed by atoms with Gasteiger partial charge in [-0.2, -0.15) is 0 Å². The highest BCUT2D eigenvalue weighted by Gasteiger charge is 2.14. The molecule has 9 heteroatoms. The molecule has 0 aliphatic heterocycles. The lowest BCUT2D eigenvalue weighted by molar-refractivity contribution is -0.384. The molecule has 0 fully saturated rings. The first-order valence-corrected chi connectivity index (χ1v) is 8.90. The molecule has 0 saturated heterocycles. The van der Waals surface area contributed by atoms with Crippen LogP contribution in [0.4, 0.5) is 10.8 Å². The molecule has 1 N–H and O–H groups in total. The van der Waals surface area contributed by atoms with Gasteiger partial charge in [-0.15, -0.1) is 10.2 Å². The summed E-state index contributed by atoms with van der Waals surface area (Å²) in [5.74, 6) is 0.316. The monoisotopic (exact) mass is 384 g/mol. The molecule has 0 unspecified atom stereocenters. The van der Waals surface area contributed by atoms with Gasteiger partial charge in [-0.25, -0.2) is 0 Å². The SMILES string of the molecule is Cc1cccc(OCCc2nnc(NC(=O)c3cccc([N+](=O)[O-])c3)s2)c1. The van der Waals surface area contributed by atoms with Crippen LogP contribution in [0.5, 0.6) is 5.75 Å². The first kappa shape index (κ1) is 18.5. The quantitative estimate of drug-likeness (QED) is 0.492. The molecule has 27 heavy (non-hydrogen) atoms. The van der Waals surface area contributed by atoms with E-state index in [1.54, 1.807) is 0 Å². The molecular formula is C18H16N4O4S. The lowest BCUT2D eigenvalue weighted by Gasteiger charge is -2.04. The predicted octanol–water partition coefficient (Wildman–Crippen LogP) is 3.63. The van der Waals surface area contributed by atoms with E-state index in [0.717, 1.165) is 16.3 Å². The fourth-order valence-electron chi connectivity index (χ4n) is 2.30. The molecule has 8 nitrogen and oxygen atoms in total. The Morgan fingerprint density at radius 3 is 2.81 bits per heavy atom. The highest BCUT2D eigenvalue weighted by molar-refractivity contribution is 7.15. The molecule has 138 valence electrons. The van der Waals surface area contributed by atoms with Gasteiger partial charge in [-0.05, 0) is 30.7 Å². The highest BCUT2D eigenvalue weighted by Crippen LogP contribution is 2.19. The van der Waals surface area contributed by atoms with Crippen LogP contribution in [0.3, 0.4) is 0 Å². The van der Waals surface area contributed by atoms with Gasteiger partial charge < -0.3 is 4.74 Å².